The standard InChI is InChI=1S/C15H23ClN2O5S/c1-4-18(5-2)24(20,21)12-6-7-14(13(16)10-12)23-11-15(19)17-8-9-22-3/h6-7,10H,4-5,8-9,11H2,1-3H3,(H,17,19). The highest BCUT2D eigenvalue weighted by Gasteiger charge is 2.22. The first-order chi connectivity index (χ1) is 11.4. The highest BCUT2D eigenvalue weighted by atomic mass is 35.5. The second-order valence-corrected chi connectivity index (χ2v) is 7.16. The summed E-state index contributed by atoms with van der Waals surface area (Å²) in [6.07, 6.45) is 0. The minimum atomic E-state index is -3.59. The minimum Gasteiger partial charge on any atom is -0.482 e. The Hall–Kier alpha value is -1.35. The van der Waals surface area contributed by atoms with Crippen LogP contribution < -0.4 is 10.1 Å². The molecule has 0 saturated heterocycles. The number of hydrogen-bond acceptors (Lipinski definition) is 5. The molecule has 1 aromatic rings. The molecule has 0 aliphatic rings. The lowest BCUT2D eigenvalue weighted by Crippen LogP contribution is -2.31. The van der Waals surface area contributed by atoms with Crippen molar-refractivity contribution in [1.82, 2.24) is 9.62 Å². The number of carbonyl (C=O) groups is 1. The molecule has 0 unspecified atom stereocenters. The van der Waals surface area contributed by atoms with E-state index in [1.165, 1.54) is 29.6 Å². The molecule has 0 aromatic heterocycles. The van der Waals surface area contributed by atoms with Crippen molar-refractivity contribution < 1.29 is 22.7 Å². The van der Waals surface area contributed by atoms with E-state index < -0.39 is 10.0 Å². The summed E-state index contributed by atoms with van der Waals surface area (Å²) in [4.78, 5) is 11.6. The SMILES string of the molecule is CCN(CC)S(=O)(=O)c1ccc(OCC(=O)NCCOC)c(Cl)c1. The maximum Gasteiger partial charge on any atom is 0.258 e. The van der Waals surface area contributed by atoms with E-state index in [1.807, 2.05) is 0 Å². The molecule has 0 fully saturated rings. The molecule has 0 bridgehead atoms. The number of hydrogen-bond donors (Lipinski definition) is 1. The zero-order chi connectivity index (χ0) is 18.2. The van der Waals surface area contributed by atoms with Gasteiger partial charge in [0.05, 0.1) is 16.5 Å². The zero-order valence-electron chi connectivity index (χ0n) is 14.0. The largest absolute Gasteiger partial charge is 0.482 e. The molecule has 1 aromatic carbocycles. The van der Waals surface area contributed by atoms with Crippen LogP contribution in [0.25, 0.3) is 0 Å². The Kier molecular flexibility index (Phi) is 8.47. The smallest absolute Gasteiger partial charge is 0.258 e. The Morgan fingerprint density at radius 1 is 1.29 bits per heavy atom. The number of sulfonamides is 1. The molecule has 0 spiro atoms. The molecule has 0 saturated carbocycles. The Labute approximate surface area is 147 Å². The van der Waals surface area contributed by atoms with Crippen molar-refractivity contribution in [2.24, 2.45) is 0 Å². The third-order valence-corrected chi connectivity index (χ3v) is 5.57. The van der Waals surface area contributed by atoms with Gasteiger partial charge in [-0.3, -0.25) is 4.79 Å². The number of carbonyl (C=O) groups excluding carboxylic acids is 1. The van der Waals surface area contributed by atoms with Crippen molar-refractivity contribution in [3.8, 4) is 5.75 Å². The summed E-state index contributed by atoms with van der Waals surface area (Å²) < 4.78 is 36.3. The number of nitrogens with zero attached hydrogens (tertiary/aromatic N) is 1. The van der Waals surface area contributed by atoms with E-state index in [1.54, 1.807) is 13.8 Å². The number of benzene rings is 1. The zero-order valence-corrected chi connectivity index (χ0v) is 15.6. The van der Waals surface area contributed by atoms with Gasteiger partial charge in [0.2, 0.25) is 10.0 Å². The predicted molar refractivity (Wildman–Crippen MR) is 91.9 cm³/mol. The maximum absolute atomic E-state index is 12.4. The van der Waals surface area contributed by atoms with Crippen molar-refractivity contribution in [2.45, 2.75) is 18.7 Å². The molecule has 136 valence electrons. The molecule has 0 aliphatic carbocycles. The fourth-order valence-electron chi connectivity index (χ4n) is 1.96. The van der Waals surface area contributed by atoms with Gasteiger partial charge in [0, 0.05) is 26.7 Å². The van der Waals surface area contributed by atoms with Crippen molar-refractivity contribution in [1.29, 1.82) is 0 Å². The van der Waals surface area contributed by atoms with Crippen LogP contribution in [0.2, 0.25) is 5.02 Å². The summed E-state index contributed by atoms with van der Waals surface area (Å²) in [5.41, 5.74) is 0. The van der Waals surface area contributed by atoms with E-state index in [2.05, 4.69) is 5.32 Å². The fourth-order valence-corrected chi connectivity index (χ4v) is 3.74. The van der Waals surface area contributed by atoms with E-state index in [4.69, 9.17) is 21.1 Å². The van der Waals surface area contributed by atoms with Gasteiger partial charge in [-0.1, -0.05) is 25.4 Å². The normalized spacial score (nSPS) is 11.5. The van der Waals surface area contributed by atoms with Gasteiger partial charge in [-0.05, 0) is 18.2 Å². The summed E-state index contributed by atoms with van der Waals surface area (Å²) in [5, 5.41) is 2.74. The lowest BCUT2D eigenvalue weighted by atomic mass is 10.3. The van der Waals surface area contributed by atoms with E-state index in [0.29, 0.717) is 26.2 Å². The minimum absolute atomic E-state index is 0.0908. The highest BCUT2D eigenvalue weighted by Crippen LogP contribution is 2.28. The van der Waals surface area contributed by atoms with Crippen LogP contribution in [0.4, 0.5) is 0 Å². The topological polar surface area (TPSA) is 84.9 Å². The molecular formula is C15H23ClN2O5S. The van der Waals surface area contributed by atoms with Gasteiger partial charge in [-0.15, -0.1) is 0 Å². The predicted octanol–water partition coefficient (Wildman–Crippen LogP) is 1.51. The van der Waals surface area contributed by atoms with Crippen molar-refractivity contribution >= 4 is 27.5 Å². The van der Waals surface area contributed by atoms with Crippen molar-refractivity contribution in [2.75, 3.05) is 40.0 Å². The van der Waals surface area contributed by atoms with Gasteiger partial charge in [0.1, 0.15) is 5.75 Å². The summed E-state index contributed by atoms with van der Waals surface area (Å²) in [6.45, 7) is 4.85. The van der Waals surface area contributed by atoms with Crippen LogP contribution in [-0.4, -0.2) is 58.6 Å². The fraction of sp³-hybridized carbons (Fsp3) is 0.533. The van der Waals surface area contributed by atoms with Crippen LogP contribution in [0.5, 0.6) is 5.75 Å². The third-order valence-electron chi connectivity index (χ3n) is 3.23. The van der Waals surface area contributed by atoms with Gasteiger partial charge in [0.25, 0.3) is 5.91 Å². The monoisotopic (exact) mass is 378 g/mol. The quantitative estimate of drug-likeness (QED) is 0.624. The maximum atomic E-state index is 12.4. The van der Waals surface area contributed by atoms with Crippen LogP contribution in [0.3, 0.4) is 0 Å². The molecule has 1 rings (SSSR count). The lowest BCUT2D eigenvalue weighted by Gasteiger charge is -2.19. The van der Waals surface area contributed by atoms with Crippen LogP contribution >= 0.6 is 11.6 Å². The third kappa shape index (κ3) is 5.62. The number of nitrogens with one attached hydrogen (secondary N) is 1. The Balaban J connectivity index is 2.76. The molecule has 24 heavy (non-hydrogen) atoms. The summed E-state index contributed by atoms with van der Waals surface area (Å²) in [6, 6.07) is 4.19. The second kappa shape index (κ2) is 9.83. The molecule has 1 amide bonds. The molecule has 1 N–H and O–H groups in total. The Bertz CT molecular complexity index is 647. The Morgan fingerprint density at radius 2 is 1.96 bits per heavy atom. The highest BCUT2D eigenvalue weighted by molar-refractivity contribution is 7.89. The second-order valence-electron chi connectivity index (χ2n) is 4.81. The number of halogens is 1. The van der Waals surface area contributed by atoms with Crippen LogP contribution in [0.15, 0.2) is 23.1 Å². The number of ether oxygens (including phenoxy) is 2. The van der Waals surface area contributed by atoms with Crippen LogP contribution in [-0.2, 0) is 19.6 Å². The van der Waals surface area contributed by atoms with Gasteiger partial charge in [-0.2, -0.15) is 4.31 Å². The summed E-state index contributed by atoms with van der Waals surface area (Å²) >= 11 is 6.08. The number of rotatable bonds is 10. The van der Waals surface area contributed by atoms with E-state index >= 15 is 0 Å². The summed E-state index contributed by atoms with van der Waals surface area (Å²) in [7, 11) is -2.05. The number of methoxy groups -OCH3 is 1. The lowest BCUT2D eigenvalue weighted by molar-refractivity contribution is -0.123. The first kappa shape index (κ1) is 20.7. The van der Waals surface area contributed by atoms with Crippen molar-refractivity contribution in [3.63, 3.8) is 0 Å². The van der Waals surface area contributed by atoms with E-state index in [9.17, 15) is 13.2 Å². The van der Waals surface area contributed by atoms with Gasteiger partial charge in [0.15, 0.2) is 6.61 Å². The Morgan fingerprint density at radius 3 is 2.50 bits per heavy atom. The van der Waals surface area contributed by atoms with Crippen LogP contribution in [0, 0.1) is 0 Å². The van der Waals surface area contributed by atoms with Gasteiger partial charge >= 0.3 is 0 Å². The molecule has 0 radical (unpaired) electrons. The van der Waals surface area contributed by atoms with E-state index in [0.717, 1.165) is 0 Å². The molecule has 7 nitrogen and oxygen atoms in total. The van der Waals surface area contributed by atoms with Crippen LogP contribution in [0.1, 0.15) is 13.8 Å². The van der Waals surface area contributed by atoms with Gasteiger partial charge in [-0.25, -0.2) is 8.42 Å². The number of amides is 1. The molecule has 0 atom stereocenters. The first-order valence-corrected chi connectivity index (χ1v) is 9.36. The molecule has 9 heteroatoms. The first-order valence-electron chi connectivity index (χ1n) is 7.54. The van der Waals surface area contributed by atoms with E-state index in [-0.39, 0.29) is 28.2 Å². The average molecular weight is 379 g/mol. The molecule has 0 aliphatic heterocycles. The molecular weight excluding hydrogens is 356 g/mol. The average Bonchev–Trinajstić information content (AvgIpc) is 2.54. The summed E-state index contributed by atoms with van der Waals surface area (Å²) in [5.74, 6) is -0.0694. The van der Waals surface area contributed by atoms with Crippen molar-refractivity contribution in [3.05, 3.63) is 23.2 Å². The molecule has 0 heterocycles. The van der Waals surface area contributed by atoms with Gasteiger partial charge < -0.3 is 14.8 Å².